The maximum absolute atomic E-state index is 12.6. The van der Waals surface area contributed by atoms with Crippen molar-refractivity contribution < 1.29 is 4.79 Å². The molecular weight excluding hydrogens is 338 g/mol. The summed E-state index contributed by atoms with van der Waals surface area (Å²) in [5.74, 6) is 0.404. The number of pyridine rings is 1. The fourth-order valence-electron chi connectivity index (χ4n) is 3.29. The fraction of sp³-hybridized carbons (Fsp3) is 0.190. The van der Waals surface area contributed by atoms with Crippen molar-refractivity contribution in [2.75, 3.05) is 0 Å². The minimum atomic E-state index is -0.196. The number of aromatic nitrogens is 3. The number of amides is 1. The van der Waals surface area contributed by atoms with Crippen LogP contribution in [-0.2, 0) is 6.42 Å². The van der Waals surface area contributed by atoms with Gasteiger partial charge in [-0.1, -0.05) is 12.1 Å². The zero-order chi connectivity index (χ0) is 18.6. The lowest BCUT2D eigenvalue weighted by Gasteiger charge is -2.25. The van der Waals surface area contributed by atoms with Gasteiger partial charge in [0.25, 0.3) is 5.91 Å². The molecule has 1 N–H and O–H groups in total. The Balaban J connectivity index is 1.58. The van der Waals surface area contributed by atoms with E-state index in [-0.39, 0.29) is 11.9 Å². The van der Waals surface area contributed by atoms with Crippen molar-refractivity contribution in [3.63, 3.8) is 0 Å². The van der Waals surface area contributed by atoms with E-state index in [2.05, 4.69) is 26.3 Å². The molecule has 1 aliphatic carbocycles. The first-order valence-corrected chi connectivity index (χ1v) is 8.83. The van der Waals surface area contributed by atoms with Crippen molar-refractivity contribution in [1.82, 2.24) is 20.3 Å². The zero-order valence-electron chi connectivity index (χ0n) is 14.6. The highest BCUT2D eigenvalue weighted by molar-refractivity contribution is 5.94. The van der Waals surface area contributed by atoms with Gasteiger partial charge in [-0.25, -0.2) is 9.97 Å². The van der Waals surface area contributed by atoms with Crippen LogP contribution in [0.3, 0.4) is 0 Å². The van der Waals surface area contributed by atoms with E-state index >= 15 is 0 Å². The molecular formula is C21H17N5O. The summed E-state index contributed by atoms with van der Waals surface area (Å²) in [5.41, 5.74) is 3.58. The highest BCUT2D eigenvalue weighted by atomic mass is 16.1. The van der Waals surface area contributed by atoms with E-state index < -0.39 is 0 Å². The van der Waals surface area contributed by atoms with E-state index in [1.165, 1.54) is 0 Å². The number of nitriles is 1. The molecule has 1 aliphatic rings. The number of nitrogens with zero attached hydrogens (tertiary/aromatic N) is 4. The van der Waals surface area contributed by atoms with Crippen LogP contribution in [0.1, 0.15) is 46.1 Å². The van der Waals surface area contributed by atoms with Gasteiger partial charge in [0, 0.05) is 29.2 Å². The second-order valence-corrected chi connectivity index (χ2v) is 6.42. The Morgan fingerprint density at radius 2 is 2.11 bits per heavy atom. The smallest absolute Gasteiger partial charge is 0.251 e. The molecule has 4 rings (SSSR count). The second-order valence-electron chi connectivity index (χ2n) is 6.42. The van der Waals surface area contributed by atoms with Crippen LogP contribution in [0.5, 0.6) is 0 Å². The number of rotatable bonds is 3. The number of hydrogen-bond donors (Lipinski definition) is 1. The first-order chi connectivity index (χ1) is 13.2. The topological polar surface area (TPSA) is 91.6 Å². The van der Waals surface area contributed by atoms with Gasteiger partial charge >= 0.3 is 0 Å². The van der Waals surface area contributed by atoms with Crippen LogP contribution >= 0.6 is 0 Å². The van der Waals surface area contributed by atoms with Crippen LogP contribution < -0.4 is 5.32 Å². The molecule has 1 aromatic carbocycles. The average Bonchev–Trinajstić information content (AvgIpc) is 2.74. The van der Waals surface area contributed by atoms with Crippen LogP contribution in [-0.4, -0.2) is 20.9 Å². The van der Waals surface area contributed by atoms with Crippen molar-refractivity contribution in [3.05, 3.63) is 77.2 Å². The van der Waals surface area contributed by atoms with E-state index in [4.69, 9.17) is 5.26 Å². The molecule has 6 heteroatoms. The Kier molecular flexibility index (Phi) is 4.58. The Labute approximate surface area is 156 Å². The highest BCUT2D eigenvalue weighted by Crippen LogP contribution is 2.29. The summed E-state index contributed by atoms with van der Waals surface area (Å²) in [6.07, 6.45) is 6.14. The lowest BCUT2D eigenvalue weighted by Crippen LogP contribution is -2.31. The zero-order valence-corrected chi connectivity index (χ0v) is 14.6. The van der Waals surface area contributed by atoms with E-state index in [0.29, 0.717) is 17.0 Å². The van der Waals surface area contributed by atoms with Gasteiger partial charge in [-0.2, -0.15) is 5.26 Å². The van der Waals surface area contributed by atoms with Crippen molar-refractivity contribution in [3.8, 4) is 17.6 Å². The molecule has 2 aromatic heterocycles. The van der Waals surface area contributed by atoms with Crippen LogP contribution in [0.25, 0.3) is 11.5 Å². The molecule has 0 spiro atoms. The third-order valence-electron chi connectivity index (χ3n) is 4.63. The molecule has 1 unspecified atom stereocenters. The second kappa shape index (κ2) is 7.34. The molecule has 0 saturated carbocycles. The predicted octanol–water partition coefficient (Wildman–Crippen LogP) is 3.22. The third-order valence-corrected chi connectivity index (χ3v) is 4.63. The van der Waals surface area contributed by atoms with E-state index in [0.717, 1.165) is 36.2 Å². The lowest BCUT2D eigenvalue weighted by atomic mass is 9.92. The molecule has 27 heavy (non-hydrogen) atoms. The van der Waals surface area contributed by atoms with Gasteiger partial charge in [0.1, 0.15) is 5.69 Å². The number of benzene rings is 1. The largest absolute Gasteiger partial charge is 0.345 e. The Morgan fingerprint density at radius 1 is 1.19 bits per heavy atom. The molecule has 3 aromatic rings. The van der Waals surface area contributed by atoms with Crippen molar-refractivity contribution in [2.24, 2.45) is 0 Å². The average molecular weight is 355 g/mol. The molecule has 2 heterocycles. The lowest BCUT2D eigenvalue weighted by molar-refractivity contribution is 0.0932. The van der Waals surface area contributed by atoms with Gasteiger partial charge < -0.3 is 5.32 Å². The quantitative estimate of drug-likeness (QED) is 0.779. The molecule has 0 saturated heterocycles. The van der Waals surface area contributed by atoms with Gasteiger partial charge in [0.2, 0.25) is 0 Å². The Hall–Kier alpha value is -3.59. The van der Waals surface area contributed by atoms with Crippen LogP contribution in [0.4, 0.5) is 0 Å². The van der Waals surface area contributed by atoms with E-state index in [1.54, 1.807) is 36.7 Å². The number of carbonyl (C=O) groups excluding carboxylic acids is 1. The summed E-state index contributed by atoms with van der Waals surface area (Å²) in [4.78, 5) is 26.0. The summed E-state index contributed by atoms with van der Waals surface area (Å²) in [7, 11) is 0. The van der Waals surface area contributed by atoms with Crippen molar-refractivity contribution in [2.45, 2.75) is 25.3 Å². The standard InChI is InChI=1S/C21H17N5O/c22-12-14-5-3-6-15(11-14)21(27)26-18-9-4-8-17-16(18)13-24-20(25-17)19-7-1-2-10-23-19/h1-3,5-7,10-11,13,18H,4,8-9H2,(H,26,27). The predicted molar refractivity (Wildman–Crippen MR) is 99.6 cm³/mol. The molecule has 132 valence electrons. The molecule has 6 nitrogen and oxygen atoms in total. The fourth-order valence-corrected chi connectivity index (χ4v) is 3.29. The summed E-state index contributed by atoms with van der Waals surface area (Å²) in [5, 5.41) is 12.1. The Morgan fingerprint density at radius 3 is 2.93 bits per heavy atom. The van der Waals surface area contributed by atoms with E-state index in [9.17, 15) is 4.79 Å². The first kappa shape index (κ1) is 16.9. The van der Waals surface area contributed by atoms with Crippen molar-refractivity contribution >= 4 is 5.91 Å². The molecule has 0 aliphatic heterocycles. The molecule has 0 bridgehead atoms. The summed E-state index contributed by atoms with van der Waals surface area (Å²) in [6, 6.07) is 14.3. The monoisotopic (exact) mass is 355 g/mol. The van der Waals surface area contributed by atoms with Gasteiger partial charge in [-0.3, -0.25) is 9.78 Å². The van der Waals surface area contributed by atoms with Crippen LogP contribution in [0.2, 0.25) is 0 Å². The summed E-state index contributed by atoms with van der Waals surface area (Å²) < 4.78 is 0. The van der Waals surface area contributed by atoms with Gasteiger partial charge in [-0.15, -0.1) is 0 Å². The first-order valence-electron chi connectivity index (χ1n) is 8.83. The number of hydrogen-bond acceptors (Lipinski definition) is 5. The third kappa shape index (κ3) is 3.53. The summed E-state index contributed by atoms with van der Waals surface area (Å²) in [6.45, 7) is 0. The number of carbonyl (C=O) groups is 1. The summed E-state index contributed by atoms with van der Waals surface area (Å²) >= 11 is 0. The van der Waals surface area contributed by atoms with Gasteiger partial charge in [-0.05, 0) is 49.6 Å². The van der Waals surface area contributed by atoms with Gasteiger partial charge in [0.15, 0.2) is 5.82 Å². The molecule has 0 radical (unpaired) electrons. The maximum atomic E-state index is 12.6. The number of aryl methyl sites for hydroxylation is 1. The maximum Gasteiger partial charge on any atom is 0.251 e. The molecule has 1 amide bonds. The minimum Gasteiger partial charge on any atom is -0.345 e. The SMILES string of the molecule is N#Cc1cccc(C(=O)NC2CCCc3nc(-c4ccccn4)ncc32)c1. The highest BCUT2D eigenvalue weighted by Gasteiger charge is 2.24. The normalized spacial score (nSPS) is 15.4. The number of fused-ring (bicyclic) bond motifs is 1. The molecule has 1 atom stereocenters. The van der Waals surface area contributed by atoms with Crippen LogP contribution in [0, 0.1) is 11.3 Å². The Bertz CT molecular complexity index is 1030. The van der Waals surface area contributed by atoms with Crippen molar-refractivity contribution in [1.29, 1.82) is 5.26 Å². The van der Waals surface area contributed by atoms with Crippen LogP contribution in [0.15, 0.2) is 54.9 Å². The molecule has 0 fully saturated rings. The minimum absolute atomic E-state index is 0.134. The van der Waals surface area contributed by atoms with E-state index in [1.807, 2.05) is 18.2 Å². The number of nitrogens with one attached hydrogen (secondary N) is 1. The van der Waals surface area contributed by atoms with Gasteiger partial charge in [0.05, 0.1) is 17.7 Å².